The van der Waals surface area contributed by atoms with Gasteiger partial charge in [-0.15, -0.1) is 0 Å². The van der Waals surface area contributed by atoms with E-state index in [4.69, 9.17) is 9.47 Å². The molecule has 0 amide bonds. The van der Waals surface area contributed by atoms with Crippen molar-refractivity contribution in [1.29, 1.82) is 0 Å². The van der Waals surface area contributed by atoms with E-state index in [1.54, 1.807) is 14.2 Å². The van der Waals surface area contributed by atoms with Crippen LogP contribution in [0.3, 0.4) is 0 Å². The van der Waals surface area contributed by atoms with Crippen LogP contribution >= 0.6 is 0 Å². The smallest absolute Gasteiger partial charge is 0.122 e. The van der Waals surface area contributed by atoms with Crippen molar-refractivity contribution < 1.29 is 14.6 Å². The lowest BCUT2D eigenvalue weighted by molar-refractivity contribution is -0.0771. The summed E-state index contributed by atoms with van der Waals surface area (Å²) in [7, 11) is 3.27. The summed E-state index contributed by atoms with van der Waals surface area (Å²) in [6, 6.07) is 5.69. The second-order valence-electron chi connectivity index (χ2n) is 6.79. The van der Waals surface area contributed by atoms with Gasteiger partial charge >= 0.3 is 0 Å². The van der Waals surface area contributed by atoms with Crippen LogP contribution in [0.2, 0.25) is 0 Å². The molecular weight excluding hydrogens is 252 g/mol. The first-order chi connectivity index (χ1) is 9.30. The number of benzene rings is 1. The molecule has 2 unspecified atom stereocenters. The molecule has 1 fully saturated rings. The molecule has 112 valence electrons. The molecule has 3 nitrogen and oxygen atoms in total. The quantitative estimate of drug-likeness (QED) is 0.915. The summed E-state index contributed by atoms with van der Waals surface area (Å²) in [6.45, 7) is 6.68. The molecule has 3 heteroatoms. The highest BCUT2D eigenvalue weighted by atomic mass is 16.5. The molecule has 0 aromatic heterocycles. The van der Waals surface area contributed by atoms with E-state index in [1.165, 1.54) is 0 Å². The van der Waals surface area contributed by atoms with Crippen LogP contribution in [0.5, 0.6) is 11.5 Å². The van der Waals surface area contributed by atoms with Crippen molar-refractivity contribution in [2.75, 3.05) is 14.2 Å². The molecule has 0 heterocycles. The van der Waals surface area contributed by atoms with Gasteiger partial charge in [0.15, 0.2) is 0 Å². The van der Waals surface area contributed by atoms with E-state index >= 15 is 0 Å². The highest BCUT2D eigenvalue weighted by molar-refractivity contribution is 5.41. The monoisotopic (exact) mass is 278 g/mol. The average molecular weight is 278 g/mol. The molecule has 20 heavy (non-hydrogen) atoms. The maximum atomic E-state index is 11.2. The molecule has 1 aliphatic rings. The van der Waals surface area contributed by atoms with Crippen LogP contribution < -0.4 is 9.47 Å². The summed E-state index contributed by atoms with van der Waals surface area (Å²) in [4.78, 5) is 0. The first kappa shape index (κ1) is 15.2. The minimum absolute atomic E-state index is 0.211. The molecule has 0 spiro atoms. The molecule has 1 aromatic carbocycles. The Balaban J connectivity index is 2.39. The fraction of sp³-hybridized carbons (Fsp3) is 0.647. The zero-order valence-electron chi connectivity index (χ0n) is 13.2. The number of aliphatic hydroxyl groups is 1. The molecule has 1 aliphatic carbocycles. The van der Waals surface area contributed by atoms with Gasteiger partial charge < -0.3 is 14.6 Å². The topological polar surface area (TPSA) is 38.7 Å². The number of hydrogen-bond donors (Lipinski definition) is 1. The lowest BCUT2D eigenvalue weighted by atomic mass is 9.63. The normalized spacial score (nSPS) is 29.0. The first-order valence-electron chi connectivity index (χ1n) is 7.27. The van der Waals surface area contributed by atoms with E-state index in [2.05, 4.69) is 20.8 Å². The van der Waals surface area contributed by atoms with Gasteiger partial charge in [-0.3, -0.25) is 0 Å². The van der Waals surface area contributed by atoms with Gasteiger partial charge in [-0.2, -0.15) is 0 Å². The Hall–Kier alpha value is -1.22. The molecular formula is C17H26O3. The zero-order valence-corrected chi connectivity index (χ0v) is 13.2. The number of hydrogen-bond acceptors (Lipinski definition) is 3. The van der Waals surface area contributed by atoms with Gasteiger partial charge in [-0.25, -0.2) is 0 Å². The Morgan fingerprint density at radius 3 is 2.05 bits per heavy atom. The molecule has 2 atom stereocenters. The second kappa shape index (κ2) is 5.28. The second-order valence-corrected chi connectivity index (χ2v) is 6.79. The maximum Gasteiger partial charge on any atom is 0.122 e. The Morgan fingerprint density at radius 2 is 1.60 bits per heavy atom. The van der Waals surface area contributed by atoms with E-state index in [9.17, 15) is 5.11 Å². The van der Waals surface area contributed by atoms with E-state index in [0.717, 1.165) is 36.3 Å². The minimum Gasteiger partial charge on any atom is -0.497 e. The molecule has 1 N–H and O–H groups in total. The van der Waals surface area contributed by atoms with Gasteiger partial charge in [0.1, 0.15) is 11.5 Å². The van der Waals surface area contributed by atoms with Crippen LogP contribution in [0, 0.1) is 11.3 Å². The fourth-order valence-corrected chi connectivity index (χ4v) is 3.36. The van der Waals surface area contributed by atoms with E-state index in [0.29, 0.717) is 5.41 Å². The first-order valence-corrected chi connectivity index (χ1v) is 7.27. The van der Waals surface area contributed by atoms with Crippen molar-refractivity contribution in [2.45, 2.75) is 45.6 Å². The Bertz CT molecular complexity index is 459. The number of methoxy groups -OCH3 is 2. The van der Waals surface area contributed by atoms with Crippen molar-refractivity contribution in [1.82, 2.24) is 0 Å². The van der Waals surface area contributed by atoms with Gasteiger partial charge in [0.25, 0.3) is 0 Å². The third kappa shape index (κ3) is 2.78. The Morgan fingerprint density at radius 1 is 1.05 bits per heavy atom. The van der Waals surface area contributed by atoms with E-state index in [1.807, 2.05) is 18.2 Å². The van der Waals surface area contributed by atoms with Crippen molar-refractivity contribution in [3.63, 3.8) is 0 Å². The van der Waals surface area contributed by atoms with Crippen molar-refractivity contribution in [2.24, 2.45) is 11.3 Å². The lowest BCUT2D eigenvalue weighted by Gasteiger charge is -2.45. The summed E-state index contributed by atoms with van der Waals surface area (Å²) in [5.74, 6) is 1.66. The highest BCUT2D eigenvalue weighted by Gasteiger charge is 2.43. The molecule has 0 saturated heterocycles. The third-order valence-electron chi connectivity index (χ3n) is 4.71. The molecule has 1 saturated carbocycles. The van der Waals surface area contributed by atoms with Crippen LogP contribution in [-0.4, -0.2) is 19.3 Å². The lowest BCUT2D eigenvalue weighted by Crippen LogP contribution is -2.41. The van der Waals surface area contributed by atoms with E-state index < -0.39 is 5.60 Å². The van der Waals surface area contributed by atoms with Gasteiger partial charge in [-0.05, 0) is 48.3 Å². The molecule has 0 bridgehead atoms. The predicted molar refractivity (Wildman–Crippen MR) is 80.2 cm³/mol. The summed E-state index contributed by atoms with van der Waals surface area (Å²) in [5, 5.41) is 11.2. The number of rotatable bonds is 3. The van der Waals surface area contributed by atoms with Crippen molar-refractivity contribution in [3.05, 3.63) is 23.8 Å². The molecule has 1 aromatic rings. The third-order valence-corrected chi connectivity index (χ3v) is 4.71. The fourth-order valence-electron chi connectivity index (χ4n) is 3.36. The van der Waals surface area contributed by atoms with Crippen LogP contribution in [0.4, 0.5) is 0 Å². The van der Waals surface area contributed by atoms with Gasteiger partial charge in [0.2, 0.25) is 0 Å². The summed E-state index contributed by atoms with van der Waals surface area (Å²) < 4.78 is 10.6. The molecule has 0 aliphatic heterocycles. The van der Waals surface area contributed by atoms with Gasteiger partial charge in [-0.1, -0.05) is 20.8 Å². The van der Waals surface area contributed by atoms with Crippen LogP contribution in [0.15, 0.2) is 18.2 Å². The Labute approximate surface area is 121 Å². The summed E-state index contributed by atoms with van der Waals surface area (Å²) in [5.41, 5.74) is 0.406. The number of ether oxygens (including phenoxy) is 2. The van der Waals surface area contributed by atoms with Crippen molar-refractivity contribution in [3.8, 4) is 11.5 Å². The summed E-state index contributed by atoms with van der Waals surface area (Å²) in [6.07, 6.45) is 2.81. The van der Waals surface area contributed by atoms with Gasteiger partial charge in [0.05, 0.1) is 19.8 Å². The standard InChI is InChI=1S/C17H26O3/c1-12-11-16(2,3)6-7-17(12,18)13-8-14(19-4)10-15(9-13)20-5/h8-10,12,18H,6-7,11H2,1-5H3. The Kier molecular flexibility index (Phi) is 4.01. The SMILES string of the molecule is COc1cc(OC)cc(C2(O)CCC(C)(C)CC2C)c1. The molecule has 0 radical (unpaired) electrons. The minimum atomic E-state index is -0.794. The largest absolute Gasteiger partial charge is 0.497 e. The van der Waals surface area contributed by atoms with Gasteiger partial charge in [0, 0.05) is 6.07 Å². The zero-order chi connectivity index (χ0) is 15.0. The average Bonchev–Trinajstić information content (AvgIpc) is 2.42. The van der Waals surface area contributed by atoms with Crippen LogP contribution in [0.25, 0.3) is 0 Å². The summed E-state index contributed by atoms with van der Waals surface area (Å²) >= 11 is 0. The van der Waals surface area contributed by atoms with E-state index in [-0.39, 0.29) is 5.92 Å². The van der Waals surface area contributed by atoms with Crippen LogP contribution in [-0.2, 0) is 5.60 Å². The highest BCUT2D eigenvalue weighted by Crippen LogP contribution is 2.49. The van der Waals surface area contributed by atoms with Crippen LogP contribution in [0.1, 0.15) is 45.6 Å². The predicted octanol–water partition coefficient (Wildman–Crippen LogP) is 3.74. The molecule has 2 rings (SSSR count). The maximum absolute atomic E-state index is 11.2. The van der Waals surface area contributed by atoms with Crippen molar-refractivity contribution >= 4 is 0 Å².